The van der Waals surface area contributed by atoms with Crippen molar-refractivity contribution in [2.24, 2.45) is 7.05 Å². The molecule has 1 amide bonds. The molecule has 3 N–H and O–H groups in total. The van der Waals surface area contributed by atoms with Crippen LogP contribution >= 0.6 is 31.9 Å². The highest BCUT2D eigenvalue weighted by atomic mass is 79.9. The molecule has 0 aromatic carbocycles. The minimum absolute atomic E-state index is 0.252. The maximum absolute atomic E-state index is 12.1. The number of hydrogen-bond acceptors (Lipinski definition) is 4. The summed E-state index contributed by atoms with van der Waals surface area (Å²) in [5.74, 6) is 6.14. The number of nitrogens with zero attached hydrogens (tertiary/aromatic N) is 4. The normalized spacial score (nSPS) is 10.5. The van der Waals surface area contributed by atoms with Crippen molar-refractivity contribution in [1.82, 2.24) is 24.3 Å². The highest BCUT2D eigenvalue weighted by Gasteiger charge is 2.16. The van der Waals surface area contributed by atoms with Gasteiger partial charge in [0.15, 0.2) is 5.65 Å². The van der Waals surface area contributed by atoms with Gasteiger partial charge >= 0.3 is 0 Å². The lowest BCUT2D eigenvalue weighted by atomic mass is 10.3. The van der Waals surface area contributed by atoms with Crippen molar-refractivity contribution in [3.63, 3.8) is 0 Å². The number of amides is 1. The van der Waals surface area contributed by atoms with Crippen LogP contribution in [0.25, 0.3) is 5.65 Å². The van der Waals surface area contributed by atoms with E-state index in [4.69, 9.17) is 5.73 Å². The topological polar surface area (TPSA) is 90.2 Å². The molecule has 0 bridgehead atoms. The molecule has 0 aliphatic heterocycles. The maximum Gasteiger partial charge on any atom is 0.287 e. The van der Waals surface area contributed by atoms with Crippen molar-refractivity contribution in [2.75, 3.05) is 12.3 Å². The van der Waals surface area contributed by atoms with Crippen LogP contribution in [0.3, 0.4) is 0 Å². The Morgan fingerprint density at radius 1 is 1.44 bits per heavy atom. The number of imidazole rings is 2. The summed E-state index contributed by atoms with van der Waals surface area (Å²) in [6.45, 7) is 0.423. The summed E-state index contributed by atoms with van der Waals surface area (Å²) in [5.41, 5.74) is 7.91. The van der Waals surface area contributed by atoms with Gasteiger partial charge in [-0.1, -0.05) is 5.92 Å². The second kappa shape index (κ2) is 7.29. The first kappa shape index (κ1) is 17.5. The van der Waals surface area contributed by atoms with E-state index in [1.807, 2.05) is 16.7 Å². The zero-order chi connectivity index (χ0) is 18.0. The second-order valence-electron chi connectivity index (χ2n) is 5.18. The van der Waals surface area contributed by atoms with E-state index in [0.29, 0.717) is 39.3 Å². The molecule has 0 unspecified atom stereocenters. The van der Waals surface area contributed by atoms with E-state index in [2.05, 4.69) is 59.0 Å². The number of anilines is 1. The number of hydrogen-bond donors (Lipinski definition) is 2. The molecule has 0 saturated heterocycles. The molecule has 0 saturated carbocycles. The molecule has 0 spiro atoms. The number of rotatable bonds is 3. The van der Waals surface area contributed by atoms with E-state index in [9.17, 15) is 4.79 Å². The van der Waals surface area contributed by atoms with Gasteiger partial charge in [-0.05, 0) is 49.9 Å². The van der Waals surface area contributed by atoms with Crippen molar-refractivity contribution in [1.29, 1.82) is 0 Å². The monoisotopic (exact) mass is 464 g/mol. The molecule has 0 aliphatic rings. The maximum atomic E-state index is 12.1. The summed E-state index contributed by atoms with van der Waals surface area (Å²) in [6.07, 6.45) is 4.05. The van der Waals surface area contributed by atoms with Crippen LogP contribution in [0.5, 0.6) is 0 Å². The van der Waals surface area contributed by atoms with Gasteiger partial charge in [0.25, 0.3) is 5.91 Å². The number of halogens is 2. The van der Waals surface area contributed by atoms with Gasteiger partial charge in [-0.25, -0.2) is 9.97 Å². The van der Waals surface area contributed by atoms with Crippen LogP contribution < -0.4 is 11.1 Å². The van der Waals surface area contributed by atoms with Gasteiger partial charge in [-0.3, -0.25) is 9.20 Å². The molecule has 25 heavy (non-hydrogen) atoms. The Bertz CT molecular complexity index is 1010. The first-order valence-corrected chi connectivity index (χ1v) is 8.94. The highest BCUT2D eigenvalue weighted by molar-refractivity contribution is 9.13. The van der Waals surface area contributed by atoms with E-state index in [-0.39, 0.29) is 5.91 Å². The van der Waals surface area contributed by atoms with Crippen molar-refractivity contribution < 1.29 is 4.79 Å². The summed E-state index contributed by atoms with van der Waals surface area (Å²) in [7, 11) is 1.76. The molecule has 3 aromatic heterocycles. The van der Waals surface area contributed by atoms with Crippen LogP contribution in [-0.4, -0.2) is 31.4 Å². The molecule has 3 rings (SSSR count). The average Bonchev–Trinajstić information content (AvgIpc) is 3.12. The third-order valence-electron chi connectivity index (χ3n) is 3.51. The number of fused-ring (bicyclic) bond motifs is 1. The minimum atomic E-state index is -0.252. The molecule has 128 valence electrons. The lowest BCUT2D eigenvalue weighted by Gasteiger charge is -2.03. The van der Waals surface area contributed by atoms with Crippen LogP contribution in [0.4, 0.5) is 5.69 Å². The number of aromatic nitrogens is 4. The standard InChI is InChI=1S/C16H14Br2N6O/c1-23-13(18)12(17)22-15(23)16(25)20-7-3-2-5-10-9-21-14-11(19)6-4-8-24(10)14/h4,6,8-9H,3,7,19H2,1H3,(H,20,25). The molecule has 0 fully saturated rings. The number of nitrogens with two attached hydrogens (primary N) is 1. The van der Waals surface area contributed by atoms with Crippen LogP contribution in [0, 0.1) is 11.8 Å². The number of nitrogen functional groups attached to an aromatic ring is 1. The zero-order valence-electron chi connectivity index (χ0n) is 13.3. The predicted octanol–water partition coefficient (Wildman–Crippen LogP) is 2.35. The molecular weight excluding hydrogens is 452 g/mol. The average molecular weight is 466 g/mol. The molecule has 3 heterocycles. The molecule has 0 radical (unpaired) electrons. The number of nitrogens with one attached hydrogen (secondary N) is 1. The van der Waals surface area contributed by atoms with E-state index in [0.717, 1.165) is 5.69 Å². The van der Waals surface area contributed by atoms with Crippen molar-refractivity contribution >= 4 is 49.1 Å². The molecule has 7 nitrogen and oxygen atoms in total. The minimum Gasteiger partial charge on any atom is -0.396 e. The molecular formula is C16H14Br2N6O. The summed E-state index contributed by atoms with van der Waals surface area (Å²) in [6, 6.07) is 3.64. The molecule has 9 heteroatoms. The third-order valence-corrected chi connectivity index (χ3v) is 5.50. The van der Waals surface area contributed by atoms with Crippen LogP contribution in [0.15, 0.2) is 33.7 Å². The quantitative estimate of drug-likeness (QED) is 0.458. The van der Waals surface area contributed by atoms with Gasteiger partial charge < -0.3 is 15.6 Å². The van der Waals surface area contributed by atoms with E-state index >= 15 is 0 Å². The summed E-state index contributed by atoms with van der Waals surface area (Å²) >= 11 is 6.62. The largest absolute Gasteiger partial charge is 0.396 e. The van der Waals surface area contributed by atoms with Crippen LogP contribution in [0.2, 0.25) is 0 Å². The fraction of sp³-hybridized carbons (Fsp3) is 0.188. The van der Waals surface area contributed by atoms with Crippen molar-refractivity contribution in [3.05, 3.63) is 45.3 Å². The van der Waals surface area contributed by atoms with Gasteiger partial charge in [-0.15, -0.1) is 0 Å². The first-order valence-electron chi connectivity index (χ1n) is 7.35. The second-order valence-corrected chi connectivity index (χ2v) is 6.69. The SMILES string of the molecule is Cn1c(C(=O)NCCC#Cc2cnc3c(N)cccn23)nc(Br)c1Br. The predicted molar refractivity (Wildman–Crippen MR) is 102 cm³/mol. The first-order chi connectivity index (χ1) is 12.0. The third kappa shape index (κ3) is 3.55. The number of carbonyl (C=O) groups is 1. The Morgan fingerprint density at radius 2 is 2.24 bits per heavy atom. The van der Waals surface area contributed by atoms with Crippen molar-refractivity contribution in [2.45, 2.75) is 6.42 Å². The fourth-order valence-corrected chi connectivity index (χ4v) is 2.93. The van der Waals surface area contributed by atoms with Gasteiger partial charge in [0.05, 0.1) is 11.9 Å². The van der Waals surface area contributed by atoms with Gasteiger partial charge in [0.1, 0.15) is 14.9 Å². The Morgan fingerprint density at radius 3 is 2.96 bits per heavy atom. The zero-order valence-corrected chi connectivity index (χ0v) is 16.4. The Hall–Kier alpha value is -2.31. The van der Waals surface area contributed by atoms with E-state index in [1.165, 1.54) is 0 Å². The number of pyridine rings is 1. The summed E-state index contributed by atoms with van der Waals surface area (Å²) in [4.78, 5) is 20.5. The lowest BCUT2D eigenvalue weighted by molar-refractivity contribution is 0.0941. The summed E-state index contributed by atoms with van der Waals surface area (Å²) < 4.78 is 4.80. The lowest BCUT2D eigenvalue weighted by Crippen LogP contribution is -2.27. The Kier molecular flexibility index (Phi) is 5.11. The van der Waals surface area contributed by atoms with Gasteiger partial charge in [0, 0.05) is 26.2 Å². The fourth-order valence-electron chi connectivity index (χ4n) is 2.24. The van der Waals surface area contributed by atoms with Crippen LogP contribution in [0.1, 0.15) is 22.7 Å². The Labute approximate surface area is 160 Å². The van der Waals surface area contributed by atoms with E-state index < -0.39 is 0 Å². The van der Waals surface area contributed by atoms with E-state index in [1.54, 1.807) is 23.9 Å². The summed E-state index contributed by atoms with van der Waals surface area (Å²) in [5, 5.41) is 2.80. The van der Waals surface area contributed by atoms with Gasteiger partial charge in [0.2, 0.25) is 5.82 Å². The molecule has 0 aliphatic carbocycles. The molecule has 0 atom stereocenters. The van der Waals surface area contributed by atoms with Crippen LogP contribution in [-0.2, 0) is 7.05 Å². The smallest absolute Gasteiger partial charge is 0.287 e. The van der Waals surface area contributed by atoms with Crippen molar-refractivity contribution in [3.8, 4) is 11.8 Å². The Balaban J connectivity index is 1.60. The molecule has 3 aromatic rings. The highest BCUT2D eigenvalue weighted by Crippen LogP contribution is 2.22. The van der Waals surface area contributed by atoms with Gasteiger partial charge in [-0.2, -0.15) is 0 Å². The number of carbonyl (C=O) groups excluding carboxylic acids is 1.